The van der Waals surface area contributed by atoms with Crippen LogP contribution in [0.2, 0.25) is 0 Å². The van der Waals surface area contributed by atoms with Gasteiger partial charge in [0.15, 0.2) is 5.76 Å². The van der Waals surface area contributed by atoms with Crippen LogP contribution in [-0.2, 0) is 18.3 Å². The molecule has 6 nitrogen and oxygen atoms in total. The number of nitrogens with zero attached hydrogens (tertiary/aromatic N) is 3. The first kappa shape index (κ1) is 15.0. The summed E-state index contributed by atoms with van der Waals surface area (Å²) < 4.78 is 6.97. The minimum Gasteiger partial charge on any atom is -0.356 e. The molecule has 2 heterocycles. The maximum Gasteiger partial charge on any atom is 0.231 e. The summed E-state index contributed by atoms with van der Waals surface area (Å²) in [4.78, 5) is 12.2. The third kappa shape index (κ3) is 3.15. The van der Waals surface area contributed by atoms with Crippen molar-refractivity contribution in [1.82, 2.24) is 14.9 Å². The minimum absolute atomic E-state index is 0.149. The average molecular weight is 310 g/mol. The van der Waals surface area contributed by atoms with E-state index in [0.717, 1.165) is 16.8 Å². The molecular formula is C17H18N4O2. The van der Waals surface area contributed by atoms with Crippen LogP contribution in [0, 0.1) is 13.8 Å². The summed E-state index contributed by atoms with van der Waals surface area (Å²) in [6, 6.07) is 11.5. The smallest absolute Gasteiger partial charge is 0.231 e. The number of aryl methyl sites for hydroxylation is 2. The molecule has 2 aromatic heterocycles. The third-order valence-corrected chi connectivity index (χ3v) is 3.74. The third-order valence-electron chi connectivity index (χ3n) is 3.74. The first-order valence-corrected chi connectivity index (χ1v) is 7.35. The summed E-state index contributed by atoms with van der Waals surface area (Å²) in [6.07, 6.45) is 0.153. The van der Waals surface area contributed by atoms with Crippen LogP contribution < -0.4 is 5.32 Å². The lowest BCUT2D eigenvalue weighted by molar-refractivity contribution is -0.115. The van der Waals surface area contributed by atoms with Crippen molar-refractivity contribution in [1.29, 1.82) is 0 Å². The van der Waals surface area contributed by atoms with Crippen molar-refractivity contribution >= 4 is 11.7 Å². The number of nitrogens with one attached hydrogen (secondary N) is 1. The van der Waals surface area contributed by atoms with Gasteiger partial charge in [-0.1, -0.05) is 35.5 Å². The molecule has 0 aliphatic heterocycles. The number of hydrogen-bond donors (Lipinski definition) is 1. The predicted molar refractivity (Wildman–Crippen MR) is 87.0 cm³/mol. The Labute approximate surface area is 134 Å². The lowest BCUT2D eigenvalue weighted by Gasteiger charge is -2.05. The van der Waals surface area contributed by atoms with Crippen LogP contribution in [-0.4, -0.2) is 20.8 Å². The molecule has 0 radical (unpaired) electrons. The molecule has 118 valence electrons. The van der Waals surface area contributed by atoms with E-state index in [1.165, 1.54) is 0 Å². The Kier molecular flexibility index (Phi) is 3.97. The van der Waals surface area contributed by atoms with Gasteiger partial charge in [0.2, 0.25) is 5.91 Å². The Morgan fingerprint density at radius 3 is 2.65 bits per heavy atom. The topological polar surface area (TPSA) is 73.0 Å². The van der Waals surface area contributed by atoms with Crippen LogP contribution in [0.3, 0.4) is 0 Å². The second-order valence-electron chi connectivity index (χ2n) is 5.46. The second kappa shape index (κ2) is 6.08. The number of carbonyl (C=O) groups excluding carboxylic acids is 1. The lowest BCUT2D eigenvalue weighted by Crippen LogP contribution is -2.17. The summed E-state index contributed by atoms with van der Waals surface area (Å²) in [5.74, 6) is 1.21. The van der Waals surface area contributed by atoms with Gasteiger partial charge in [0.25, 0.3) is 0 Å². The molecule has 0 aliphatic carbocycles. The zero-order valence-electron chi connectivity index (χ0n) is 13.3. The number of carbonyl (C=O) groups is 1. The Bertz CT molecular complexity index is 834. The monoisotopic (exact) mass is 310 g/mol. The van der Waals surface area contributed by atoms with Gasteiger partial charge in [-0.2, -0.15) is 5.10 Å². The lowest BCUT2D eigenvalue weighted by atomic mass is 10.1. The molecule has 3 aromatic rings. The fourth-order valence-corrected chi connectivity index (χ4v) is 2.41. The average Bonchev–Trinajstić information content (AvgIpc) is 3.09. The number of benzene rings is 1. The van der Waals surface area contributed by atoms with E-state index in [1.807, 2.05) is 44.2 Å². The number of hydrogen-bond acceptors (Lipinski definition) is 4. The molecule has 0 fully saturated rings. The molecule has 3 rings (SSSR count). The van der Waals surface area contributed by atoms with Crippen molar-refractivity contribution in [3.63, 3.8) is 0 Å². The summed E-state index contributed by atoms with van der Waals surface area (Å²) in [6.45, 7) is 3.84. The van der Waals surface area contributed by atoms with Crippen LogP contribution in [0.1, 0.15) is 17.0 Å². The molecule has 0 saturated carbocycles. The Hall–Kier alpha value is -2.89. The zero-order chi connectivity index (χ0) is 16.4. The van der Waals surface area contributed by atoms with Crippen LogP contribution >= 0.6 is 0 Å². The van der Waals surface area contributed by atoms with E-state index < -0.39 is 0 Å². The van der Waals surface area contributed by atoms with Crippen molar-refractivity contribution in [3.8, 4) is 11.3 Å². The van der Waals surface area contributed by atoms with E-state index in [9.17, 15) is 4.79 Å². The molecule has 6 heteroatoms. The summed E-state index contributed by atoms with van der Waals surface area (Å²) in [5.41, 5.74) is 3.39. The van der Waals surface area contributed by atoms with Gasteiger partial charge in [-0.05, 0) is 13.8 Å². The standard InChI is InChI=1S/C17H18N4O2/c1-11-12(2)19-21(3)17(11)18-16(22)10-14-9-15(23-20-14)13-7-5-4-6-8-13/h4-9H,10H2,1-3H3,(H,18,22). The highest BCUT2D eigenvalue weighted by atomic mass is 16.5. The molecule has 23 heavy (non-hydrogen) atoms. The van der Waals surface area contributed by atoms with E-state index >= 15 is 0 Å². The highest BCUT2D eigenvalue weighted by Gasteiger charge is 2.14. The highest BCUT2D eigenvalue weighted by molar-refractivity contribution is 5.92. The van der Waals surface area contributed by atoms with Crippen LogP contribution in [0.4, 0.5) is 5.82 Å². The fourth-order valence-electron chi connectivity index (χ4n) is 2.41. The van der Waals surface area contributed by atoms with E-state index in [1.54, 1.807) is 17.8 Å². The van der Waals surface area contributed by atoms with Crippen LogP contribution in [0.5, 0.6) is 0 Å². The van der Waals surface area contributed by atoms with Crippen molar-refractivity contribution in [2.45, 2.75) is 20.3 Å². The number of anilines is 1. The van der Waals surface area contributed by atoms with Crippen LogP contribution in [0.15, 0.2) is 40.9 Å². The molecule has 0 spiro atoms. The fraction of sp³-hybridized carbons (Fsp3) is 0.235. The molecular weight excluding hydrogens is 292 g/mol. The van der Waals surface area contributed by atoms with Gasteiger partial charge in [0.1, 0.15) is 5.82 Å². The maximum atomic E-state index is 12.2. The van der Waals surface area contributed by atoms with Crippen molar-refractivity contribution in [3.05, 3.63) is 53.3 Å². The Morgan fingerprint density at radius 2 is 2.00 bits per heavy atom. The van der Waals surface area contributed by atoms with E-state index in [0.29, 0.717) is 17.3 Å². The molecule has 0 bridgehead atoms. The van der Waals surface area contributed by atoms with Gasteiger partial charge in [-0.25, -0.2) is 0 Å². The van der Waals surface area contributed by atoms with E-state index in [-0.39, 0.29) is 12.3 Å². The Morgan fingerprint density at radius 1 is 1.26 bits per heavy atom. The molecule has 0 saturated heterocycles. The van der Waals surface area contributed by atoms with Crippen molar-refractivity contribution < 1.29 is 9.32 Å². The van der Waals surface area contributed by atoms with Gasteiger partial charge in [-0.3, -0.25) is 9.48 Å². The quantitative estimate of drug-likeness (QED) is 0.804. The molecule has 1 N–H and O–H groups in total. The zero-order valence-corrected chi connectivity index (χ0v) is 13.3. The molecule has 1 amide bonds. The van der Waals surface area contributed by atoms with Gasteiger partial charge >= 0.3 is 0 Å². The number of aromatic nitrogens is 3. The first-order valence-electron chi connectivity index (χ1n) is 7.35. The summed E-state index contributed by atoms with van der Waals surface area (Å²) in [5, 5.41) is 11.1. The highest BCUT2D eigenvalue weighted by Crippen LogP contribution is 2.21. The summed E-state index contributed by atoms with van der Waals surface area (Å²) >= 11 is 0. The molecule has 1 aromatic carbocycles. The largest absolute Gasteiger partial charge is 0.356 e. The molecule has 0 unspecified atom stereocenters. The maximum absolute atomic E-state index is 12.2. The van der Waals surface area contributed by atoms with E-state index in [2.05, 4.69) is 15.6 Å². The van der Waals surface area contributed by atoms with Crippen molar-refractivity contribution in [2.75, 3.05) is 5.32 Å². The molecule has 0 aliphatic rings. The van der Waals surface area contributed by atoms with Crippen LogP contribution in [0.25, 0.3) is 11.3 Å². The second-order valence-corrected chi connectivity index (χ2v) is 5.46. The van der Waals surface area contributed by atoms with Gasteiger partial charge < -0.3 is 9.84 Å². The van der Waals surface area contributed by atoms with Crippen molar-refractivity contribution in [2.24, 2.45) is 7.05 Å². The van der Waals surface area contributed by atoms with E-state index in [4.69, 9.17) is 4.52 Å². The SMILES string of the molecule is Cc1nn(C)c(NC(=O)Cc2cc(-c3ccccc3)on2)c1C. The van der Waals surface area contributed by atoms with Gasteiger partial charge in [0.05, 0.1) is 17.8 Å². The number of amides is 1. The summed E-state index contributed by atoms with van der Waals surface area (Å²) in [7, 11) is 1.80. The Balaban J connectivity index is 1.70. The van der Waals surface area contributed by atoms with Gasteiger partial charge in [0, 0.05) is 24.2 Å². The van der Waals surface area contributed by atoms with Gasteiger partial charge in [-0.15, -0.1) is 0 Å². The normalized spacial score (nSPS) is 10.7. The minimum atomic E-state index is -0.149. The first-order chi connectivity index (χ1) is 11.0. The number of rotatable bonds is 4. The predicted octanol–water partition coefficient (Wildman–Crippen LogP) is 2.87. The molecule has 0 atom stereocenters.